The molecule has 39 heavy (non-hydrogen) atoms. The van der Waals surface area contributed by atoms with E-state index >= 15 is 0 Å². The van der Waals surface area contributed by atoms with Gasteiger partial charge in [0, 0.05) is 16.2 Å². The Morgan fingerprint density at radius 1 is 0.974 bits per heavy atom. The molecule has 0 aromatic heterocycles. The number of nitrogens with zero attached hydrogens (tertiary/aromatic N) is 1. The Morgan fingerprint density at radius 2 is 1.67 bits per heavy atom. The molecule has 1 fully saturated rings. The van der Waals surface area contributed by atoms with Gasteiger partial charge in [-0.2, -0.15) is 0 Å². The summed E-state index contributed by atoms with van der Waals surface area (Å²) in [5.41, 5.74) is 1.70. The summed E-state index contributed by atoms with van der Waals surface area (Å²) in [5.74, 6) is 0.205. The van der Waals surface area contributed by atoms with Crippen LogP contribution in [0.4, 0.5) is 10.5 Å². The van der Waals surface area contributed by atoms with Gasteiger partial charge in [-0.15, -0.1) is 0 Å². The highest BCUT2D eigenvalue weighted by Gasteiger charge is 2.35. The molecule has 3 amide bonds. The summed E-state index contributed by atoms with van der Waals surface area (Å²) in [6, 6.07) is 20.0. The van der Waals surface area contributed by atoms with E-state index in [2.05, 4.69) is 5.32 Å². The second kappa shape index (κ2) is 11.0. The van der Waals surface area contributed by atoms with Crippen molar-refractivity contribution in [2.24, 2.45) is 5.92 Å². The van der Waals surface area contributed by atoms with Crippen LogP contribution in [0.5, 0.6) is 11.5 Å². The zero-order valence-corrected chi connectivity index (χ0v) is 22.8. The second-order valence-electron chi connectivity index (χ2n) is 8.88. The number of imide groups is 1. The Kier molecular flexibility index (Phi) is 7.48. The molecule has 1 N–H and O–H groups in total. The zero-order valence-electron chi connectivity index (χ0n) is 20.5. The molecule has 5 rings (SSSR count). The number of para-hydroxylation sites is 1. The number of benzene rings is 3. The number of hydrogen-bond donors (Lipinski definition) is 1. The van der Waals surface area contributed by atoms with Crippen molar-refractivity contribution < 1.29 is 19.1 Å². The van der Waals surface area contributed by atoms with Crippen LogP contribution in [0.25, 0.3) is 0 Å². The highest BCUT2D eigenvalue weighted by Crippen LogP contribution is 2.33. The van der Waals surface area contributed by atoms with Crippen molar-refractivity contribution >= 4 is 63.8 Å². The molecule has 3 aromatic carbocycles. The van der Waals surface area contributed by atoms with E-state index in [0.717, 1.165) is 0 Å². The first-order valence-electron chi connectivity index (χ1n) is 11.9. The minimum atomic E-state index is -0.674. The quantitative estimate of drug-likeness (QED) is 0.187. The van der Waals surface area contributed by atoms with E-state index in [4.69, 9.17) is 40.2 Å². The van der Waals surface area contributed by atoms with Crippen LogP contribution in [0.3, 0.4) is 0 Å². The maximum atomic E-state index is 13.4. The maximum absolute atomic E-state index is 13.4. The summed E-state index contributed by atoms with van der Waals surface area (Å²) in [7, 11) is 0. The Labute approximate surface area is 240 Å². The summed E-state index contributed by atoms with van der Waals surface area (Å²) in [4.78, 5) is 40.3. The largest absolute Gasteiger partial charge is 0.457 e. The van der Waals surface area contributed by atoms with E-state index in [1.807, 2.05) is 43.3 Å². The van der Waals surface area contributed by atoms with Crippen LogP contribution < -0.4 is 15.0 Å². The van der Waals surface area contributed by atoms with E-state index in [1.165, 1.54) is 17.0 Å². The van der Waals surface area contributed by atoms with Crippen molar-refractivity contribution in [2.45, 2.75) is 6.92 Å². The average Bonchev–Trinajstić information content (AvgIpc) is 3.27. The summed E-state index contributed by atoms with van der Waals surface area (Å²) in [5, 5.41) is 2.97. The third kappa shape index (κ3) is 5.56. The Bertz CT molecular complexity index is 1610. The van der Waals surface area contributed by atoms with Crippen molar-refractivity contribution in [3.63, 3.8) is 0 Å². The predicted octanol–water partition coefficient (Wildman–Crippen LogP) is 7.48. The van der Waals surface area contributed by atoms with Gasteiger partial charge in [0.2, 0.25) is 0 Å². The molecular formula is C30H20Cl2N2O4S. The van der Waals surface area contributed by atoms with E-state index in [-0.39, 0.29) is 32.8 Å². The average molecular weight is 575 g/mol. The number of carbonyl (C=O) groups is 3. The van der Waals surface area contributed by atoms with E-state index in [9.17, 15) is 14.4 Å². The van der Waals surface area contributed by atoms with Crippen LogP contribution in [0.15, 0.2) is 108 Å². The second-order valence-corrected chi connectivity index (χ2v) is 10.1. The number of allylic oxidation sites excluding steroid dienone is 5. The number of urea groups is 1. The number of amides is 3. The topological polar surface area (TPSA) is 75.7 Å². The van der Waals surface area contributed by atoms with Gasteiger partial charge in [-0.3, -0.25) is 19.8 Å². The lowest BCUT2D eigenvalue weighted by molar-refractivity contribution is -0.116. The summed E-state index contributed by atoms with van der Waals surface area (Å²) in [6.07, 6.45) is 5.16. The maximum Gasteiger partial charge on any atom is 0.334 e. The van der Waals surface area contributed by atoms with Crippen molar-refractivity contribution in [3.8, 4) is 11.5 Å². The molecule has 1 unspecified atom stereocenters. The molecule has 9 heteroatoms. The zero-order chi connectivity index (χ0) is 27.7. The normalized spacial score (nSPS) is 18.1. The van der Waals surface area contributed by atoms with Gasteiger partial charge in [-0.1, -0.05) is 72.7 Å². The molecule has 0 spiro atoms. The number of ketones is 1. The molecule has 1 aliphatic heterocycles. The molecule has 0 radical (unpaired) electrons. The van der Waals surface area contributed by atoms with Gasteiger partial charge in [0.15, 0.2) is 5.78 Å². The van der Waals surface area contributed by atoms with E-state index in [1.54, 1.807) is 42.5 Å². The lowest BCUT2D eigenvalue weighted by Crippen LogP contribution is -2.53. The number of rotatable bonds is 6. The van der Waals surface area contributed by atoms with Gasteiger partial charge in [-0.05, 0) is 72.2 Å². The summed E-state index contributed by atoms with van der Waals surface area (Å²) < 4.78 is 5.82. The Balaban J connectivity index is 1.42. The SMILES string of the molecule is CC1C=C(/C=C2\C(=O)NC(=O)N(c3ccc(Oc4ccccc4)cc3)C2=S)C(C(=O)c2ccc(Cl)cc2Cl)=C1. The number of hydrogen-bond acceptors (Lipinski definition) is 5. The van der Waals surface area contributed by atoms with Crippen molar-refractivity contribution in [1.29, 1.82) is 0 Å². The van der Waals surface area contributed by atoms with Crippen molar-refractivity contribution in [3.05, 3.63) is 123 Å². The van der Waals surface area contributed by atoms with Crippen LogP contribution >= 0.6 is 35.4 Å². The Hall–Kier alpha value is -4.04. The molecule has 1 aliphatic carbocycles. The number of thiocarbonyl (C=S) groups is 1. The highest BCUT2D eigenvalue weighted by molar-refractivity contribution is 7.81. The first-order chi connectivity index (χ1) is 18.7. The van der Waals surface area contributed by atoms with Gasteiger partial charge >= 0.3 is 6.03 Å². The number of carbonyl (C=O) groups excluding carboxylic acids is 3. The first kappa shape index (κ1) is 26.6. The van der Waals surface area contributed by atoms with E-state index in [0.29, 0.717) is 33.4 Å². The third-order valence-corrected chi connectivity index (χ3v) is 7.03. The molecular weight excluding hydrogens is 555 g/mol. The molecule has 3 aromatic rings. The molecule has 1 saturated heterocycles. The minimum absolute atomic E-state index is 0.0113. The summed E-state index contributed by atoms with van der Waals surface area (Å²) >= 11 is 17.9. The van der Waals surface area contributed by atoms with Gasteiger partial charge < -0.3 is 4.74 Å². The lowest BCUT2D eigenvalue weighted by atomic mass is 9.96. The van der Waals surface area contributed by atoms with Gasteiger partial charge in [0.05, 0.1) is 16.3 Å². The van der Waals surface area contributed by atoms with Crippen LogP contribution in [0.1, 0.15) is 17.3 Å². The summed E-state index contributed by atoms with van der Waals surface area (Å²) in [6.45, 7) is 1.91. The Morgan fingerprint density at radius 3 is 2.36 bits per heavy atom. The van der Waals surface area contributed by atoms with Crippen molar-refractivity contribution in [2.75, 3.05) is 4.90 Å². The molecule has 6 nitrogen and oxygen atoms in total. The number of ether oxygens (including phenoxy) is 1. The molecule has 194 valence electrons. The first-order valence-corrected chi connectivity index (χ1v) is 13.1. The minimum Gasteiger partial charge on any atom is -0.457 e. The number of anilines is 1. The van der Waals surface area contributed by atoms with Crippen molar-refractivity contribution in [1.82, 2.24) is 5.32 Å². The lowest BCUT2D eigenvalue weighted by Gasteiger charge is -2.29. The molecule has 0 saturated carbocycles. The van der Waals surface area contributed by atoms with Crippen LogP contribution in [-0.4, -0.2) is 22.7 Å². The van der Waals surface area contributed by atoms with Gasteiger partial charge in [0.1, 0.15) is 16.5 Å². The van der Waals surface area contributed by atoms with Crippen LogP contribution in [0, 0.1) is 5.92 Å². The number of halogens is 2. The number of nitrogens with one attached hydrogen (secondary N) is 1. The fraction of sp³-hybridized carbons (Fsp3) is 0.0667. The fourth-order valence-electron chi connectivity index (χ4n) is 4.27. The third-order valence-electron chi connectivity index (χ3n) is 6.08. The number of Topliss-reactive ketones (excluding diaryl/α,β-unsaturated/α-hetero) is 1. The molecule has 1 atom stereocenters. The standard InChI is InChI=1S/C30H20Cl2N2O4S/c1-17-13-18(24(14-17)27(35)23-12-7-19(31)16-26(23)32)15-25-28(36)33-30(37)34(29(25)39)20-8-10-22(11-9-20)38-21-5-3-2-4-6-21/h2-17H,1H3,(H,33,36,37)/b25-15+. The monoisotopic (exact) mass is 574 g/mol. The van der Waals surface area contributed by atoms with Gasteiger partial charge in [0.25, 0.3) is 5.91 Å². The van der Waals surface area contributed by atoms with Crippen LogP contribution in [-0.2, 0) is 4.79 Å². The predicted molar refractivity (Wildman–Crippen MR) is 156 cm³/mol. The fourth-order valence-corrected chi connectivity index (χ4v) is 5.10. The van der Waals surface area contributed by atoms with Gasteiger partial charge in [-0.25, -0.2) is 4.79 Å². The van der Waals surface area contributed by atoms with Crippen LogP contribution in [0.2, 0.25) is 10.0 Å². The highest BCUT2D eigenvalue weighted by atomic mass is 35.5. The molecule has 0 bridgehead atoms. The molecule has 1 heterocycles. The smallest absolute Gasteiger partial charge is 0.334 e. The molecule has 2 aliphatic rings. The van der Waals surface area contributed by atoms with E-state index < -0.39 is 11.9 Å².